The normalized spacial score (nSPS) is 14.6. The molecule has 2 atom stereocenters. The third-order valence-corrected chi connectivity index (χ3v) is 3.88. The molecule has 172 valence electrons. The lowest BCUT2D eigenvalue weighted by molar-refractivity contribution is -0.232. The predicted molar refractivity (Wildman–Crippen MR) is 114 cm³/mol. The van der Waals surface area contributed by atoms with Crippen molar-refractivity contribution in [1.29, 1.82) is 0 Å². The highest BCUT2D eigenvalue weighted by Gasteiger charge is 2.15. The van der Waals surface area contributed by atoms with Gasteiger partial charge in [-0.3, -0.25) is 0 Å². The van der Waals surface area contributed by atoms with Gasteiger partial charge in [-0.05, 0) is 52.7 Å². The molecule has 29 heavy (non-hydrogen) atoms. The molecule has 0 saturated carbocycles. The largest absolute Gasteiger partial charge is 0.356 e. The smallest absolute Gasteiger partial charge is 0.176 e. The van der Waals surface area contributed by atoms with E-state index in [0.717, 1.165) is 12.8 Å². The van der Waals surface area contributed by atoms with Gasteiger partial charge in [-0.15, -0.1) is 0 Å². The summed E-state index contributed by atoms with van der Waals surface area (Å²) in [5.74, 6) is 0. The minimum atomic E-state index is -0.342. The first-order valence-electron chi connectivity index (χ1n) is 10.7. The van der Waals surface area contributed by atoms with Gasteiger partial charge in [0.1, 0.15) is 0 Å². The van der Waals surface area contributed by atoms with Crippen LogP contribution in [0.5, 0.6) is 0 Å². The number of rotatable bonds is 20. The fourth-order valence-corrected chi connectivity index (χ4v) is 2.51. The molecule has 0 spiro atoms. The molecule has 0 fully saturated rings. The fraction of sp³-hybridized carbons (Fsp3) is 0.818. The van der Waals surface area contributed by atoms with Crippen molar-refractivity contribution in [3.05, 3.63) is 24.3 Å². The molecule has 0 N–H and O–H groups in total. The van der Waals surface area contributed by atoms with Gasteiger partial charge < -0.3 is 33.2 Å². The molecule has 0 aliphatic carbocycles. The Bertz CT molecular complexity index is 353. The van der Waals surface area contributed by atoms with E-state index in [9.17, 15) is 0 Å². The molecule has 0 aromatic heterocycles. The van der Waals surface area contributed by atoms with E-state index in [2.05, 4.69) is 0 Å². The Balaban J connectivity index is 4.32. The monoisotopic (exact) mass is 418 g/mol. The molecule has 7 heteroatoms. The van der Waals surface area contributed by atoms with Crippen molar-refractivity contribution in [2.75, 3.05) is 40.6 Å². The summed E-state index contributed by atoms with van der Waals surface area (Å²) in [7, 11) is 3.28. The molecule has 0 amide bonds. The van der Waals surface area contributed by atoms with Gasteiger partial charge in [0.15, 0.2) is 25.2 Å². The molecular weight excluding hydrogens is 376 g/mol. The molecule has 0 aliphatic rings. The Hall–Kier alpha value is -0.800. The van der Waals surface area contributed by atoms with Crippen molar-refractivity contribution in [3.63, 3.8) is 0 Å². The summed E-state index contributed by atoms with van der Waals surface area (Å²) in [6.45, 7) is 10.2. The molecular formula is C22H42O7. The van der Waals surface area contributed by atoms with Crippen molar-refractivity contribution in [3.8, 4) is 0 Å². The van der Waals surface area contributed by atoms with Crippen LogP contribution in [0, 0.1) is 0 Å². The fourth-order valence-electron chi connectivity index (χ4n) is 2.51. The highest BCUT2D eigenvalue weighted by Crippen LogP contribution is 2.13. The van der Waals surface area contributed by atoms with Gasteiger partial charge in [-0.25, -0.2) is 0 Å². The van der Waals surface area contributed by atoms with Gasteiger partial charge in [0, 0.05) is 53.5 Å². The van der Waals surface area contributed by atoms with Crippen LogP contribution < -0.4 is 0 Å². The first kappa shape index (κ1) is 28.2. The highest BCUT2D eigenvalue weighted by molar-refractivity contribution is 4.86. The van der Waals surface area contributed by atoms with Gasteiger partial charge in [0.2, 0.25) is 0 Å². The lowest BCUT2D eigenvalue weighted by Crippen LogP contribution is -2.25. The van der Waals surface area contributed by atoms with Gasteiger partial charge in [-0.2, -0.15) is 0 Å². The first-order chi connectivity index (χ1) is 14.1. The maximum Gasteiger partial charge on any atom is 0.176 e. The Morgan fingerprint density at radius 1 is 0.586 bits per heavy atom. The van der Waals surface area contributed by atoms with E-state index in [-0.39, 0.29) is 25.2 Å². The van der Waals surface area contributed by atoms with Crippen molar-refractivity contribution in [2.45, 2.75) is 78.5 Å². The average molecular weight is 419 g/mol. The molecule has 2 unspecified atom stereocenters. The van der Waals surface area contributed by atoms with Gasteiger partial charge >= 0.3 is 0 Å². The third kappa shape index (κ3) is 15.7. The first-order valence-corrected chi connectivity index (χ1v) is 10.7. The zero-order valence-electron chi connectivity index (χ0n) is 19.1. The topological polar surface area (TPSA) is 64.6 Å². The molecule has 0 aromatic carbocycles. The Morgan fingerprint density at radius 2 is 0.931 bits per heavy atom. The summed E-state index contributed by atoms with van der Waals surface area (Å²) >= 11 is 0. The second kappa shape index (κ2) is 20.5. The molecule has 0 rings (SSSR count). The summed E-state index contributed by atoms with van der Waals surface area (Å²) < 4.78 is 38.7. The Labute approximate surface area is 177 Å². The molecule has 0 aliphatic heterocycles. The van der Waals surface area contributed by atoms with Crippen molar-refractivity contribution < 1.29 is 33.2 Å². The maximum absolute atomic E-state index is 5.92. The number of ether oxygens (including phenoxy) is 7. The zero-order chi connectivity index (χ0) is 21.7. The van der Waals surface area contributed by atoms with Crippen molar-refractivity contribution in [2.24, 2.45) is 0 Å². The highest BCUT2D eigenvalue weighted by atomic mass is 16.8. The Morgan fingerprint density at radius 3 is 1.21 bits per heavy atom. The average Bonchev–Trinajstić information content (AvgIpc) is 2.72. The molecule has 0 heterocycles. The summed E-state index contributed by atoms with van der Waals surface area (Å²) in [5.41, 5.74) is 0. The van der Waals surface area contributed by atoms with Crippen molar-refractivity contribution >= 4 is 0 Å². The van der Waals surface area contributed by atoms with Gasteiger partial charge in [-0.1, -0.05) is 12.2 Å². The van der Waals surface area contributed by atoms with E-state index in [1.807, 2.05) is 52.0 Å². The lowest BCUT2D eigenvalue weighted by Gasteiger charge is -2.22. The molecule has 0 aromatic rings. The number of methoxy groups -OCH3 is 2. The number of hydrogen-bond acceptors (Lipinski definition) is 7. The SMILES string of the molecule is CCOC(/C=C/CCC(OC)OC(CC/C=C/C(OCC)OCC)OC)OCC. The van der Waals surface area contributed by atoms with Crippen LogP contribution in [0.15, 0.2) is 24.3 Å². The van der Waals surface area contributed by atoms with Crippen LogP contribution in [-0.4, -0.2) is 65.8 Å². The van der Waals surface area contributed by atoms with E-state index in [1.165, 1.54) is 0 Å². The minimum absolute atomic E-state index is 0.303. The molecule has 0 saturated heterocycles. The van der Waals surface area contributed by atoms with E-state index >= 15 is 0 Å². The van der Waals surface area contributed by atoms with Crippen LogP contribution in [0.25, 0.3) is 0 Å². The second-order valence-electron chi connectivity index (χ2n) is 6.04. The number of allylic oxidation sites excluding steroid dienone is 2. The summed E-state index contributed by atoms with van der Waals surface area (Å²) in [5, 5.41) is 0. The van der Waals surface area contributed by atoms with E-state index < -0.39 is 0 Å². The van der Waals surface area contributed by atoms with Crippen molar-refractivity contribution in [1.82, 2.24) is 0 Å². The van der Waals surface area contributed by atoms with Crippen LogP contribution in [0.3, 0.4) is 0 Å². The summed E-state index contributed by atoms with van der Waals surface area (Å²) in [4.78, 5) is 0. The molecule has 0 bridgehead atoms. The van der Waals surface area contributed by atoms with Crippen LogP contribution in [-0.2, 0) is 33.2 Å². The second-order valence-corrected chi connectivity index (χ2v) is 6.04. The van der Waals surface area contributed by atoms with Crippen LogP contribution in [0.2, 0.25) is 0 Å². The number of hydrogen-bond donors (Lipinski definition) is 0. The predicted octanol–water partition coefficient (Wildman–Crippen LogP) is 4.42. The van der Waals surface area contributed by atoms with Crippen LogP contribution in [0.4, 0.5) is 0 Å². The van der Waals surface area contributed by atoms with E-state index in [0.29, 0.717) is 39.3 Å². The lowest BCUT2D eigenvalue weighted by atomic mass is 10.2. The van der Waals surface area contributed by atoms with E-state index in [1.54, 1.807) is 14.2 Å². The maximum atomic E-state index is 5.92. The zero-order valence-corrected chi connectivity index (χ0v) is 19.1. The van der Waals surface area contributed by atoms with Gasteiger partial charge in [0.05, 0.1) is 0 Å². The van der Waals surface area contributed by atoms with E-state index in [4.69, 9.17) is 33.2 Å². The molecule has 0 radical (unpaired) electrons. The quantitative estimate of drug-likeness (QED) is 0.214. The van der Waals surface area contributed by atoms with Crippen LogP contribution >= 0.6 is 0 Å². The van der Waals surface area contributed by atoms with Gasteiger partial charge in [0.25, 0.3) is 0 Å². The summed E-state index contributed by atoms with van der Waals surface area (Å²) in [6, 6.07) is 0. The third-order valence-electron chi connectivity index (χ3n) is 3.88. The standard InChI is InChI=1S/C22H42O7/c1-7-25-21(26-8-2)17-13-11-15-19(23-5)29-20(24-6)16-12-14-18-22(27-9-3)28-10-4/h13-14,17-22H,7-12,15-16H2,1-6H3/b17-13+,18-14+. The molecule has 7 nitrogen and oxygen atoms in total. The minimum Gasteiger partial charge on any atom is -0.356 e. The Kier molecular flexibility index (Phi) is 19.9. The van der Waals surface area contributed by atoms with Crippen LogP contribution in [0.1, 0.15) is 53.4 Å². The summed E-state index contributed by atoms with van der Waals surface area (Å²) in [6.07, 6.45) is 9.61.